The van der Waals surface area contributed by atoms with Crippen LogP contribution in [0, 0.1) is 0 Å². The molecule has 0 aromatic heterocycles. The van der Waals surface area contributed by atoms with Gasteiger partial charge in [-0.1, -0.05) is 6.92 Å². The number of ether oxygens (including phenoxy) is 1. The van der Waals surface area contributed by atoms with Gasteiger partial charge in [0.2, 0.25) is 11.8 Å². The first-order valence-electron chi connectivity index (χ1n) is 11.3. The highest BCUT2D eigenvalue weighted by Crippen LogP contribution is 2.07. The fourth-order valence-electron chi connectivity index (χ4n) is 2.94. The van der Waals surface area contributed by atoms with Crippen LogP contribution in [0.5, 0.6) is 0 Å². The Kier molecular flexibility index (Phi) is 14.5. The molecule has 0 fully saturated rings. The highest BCUT2D eigenvalue weighted by atomic mass is 16.6. The maximum atomic E-state index is 12.6. The SMILES string of the molecule is CCCN(CCN(CCNC(=O)OC(C)(C)C)C(=O)CCCC(=O)O)C(=O)CCCC(=O)O. The average Bonchev–Trinajstić information content (AvgIpc) is 2.67. The fourth-order valence-corrected chi connectivity index (χ4v) is 2.94. The smallest absolute Gasteiger partial charge is 0.407 e. The van der Waals surface area contributed by atoms with Crippen molar-refractivity contribution in [3.63, 3.8) is 0 Å². The third-order valence-corrected chi connectivity index (χ3v) is 4.45. The van der Waals surface area contributed by atoms with Crippen LogP contribution in [0.3, 0.4) is 0 Å². The summed E-state index contributed by atoms with van der Waals surface area (Å²) in [6.07, 6.45) is 0.469. The molecule has 0 spiro atoms. The number of alkyl carbamates (subject to hydrolysis) is 1. The second kappa shape index (κ2) is 15.9. The van der Waals surface area contributed by atoms with E-state index in [-0.39, 0.29) is 76.5 Å². The van der Waals surface area contributed by atoms with Gasteiger partial charge in [0.1, 0.15) is 5.60 Å². The molecule has 0 aliphatic heterocycles. The summed E-state index contributed by atoms with van der Waals surface area (Å²) in [5.41, 5.74) is -0.655. The number of hydrogen-bond donors (Lipinski definition) is 3. The first-order valence-corrected chi connectivity index (χ1v) is 11.3. The number of carboxylic acids is 2. The van der Waals surface area contributed by atoms with Gasteiger partial charge in [0.25, 0.3) is 0 Å². The monoisotopic (exact) mass is 473 g/mol. The van der Waals surface area contributed by atoms with Crippen molar-refractivity contribution in [2.45, 2.75) is 78.2 Å². The molecule has 0 heterocycles. The minimum atomic E-state index is -0.984. The number of carbonyl (C=O) groups is 5. The highest BCUT2D eigenvalue weighted by Gasteiger charge is 2.20. The van der Waals surface area contributed by atoms with Crippen LogP contribution >= 0.6 is 0 Å². The van der Waals surface area contributed by atoms with E-state index in [0.29, 0.717) is 13.0 Å². The average molecular weight is 474 g/mol. The molecule has 33 heavy (non-hydrogen) atoms. The van der Waals surface area contributed by atoms with E-state index >= 15 is 0 Å². The zero-order valence-electron chi connectivity index (χ0n) is 20.2. The second-order valence-electron chi connectivity index (χ2n) is 8.68. The summed E-state index contributed by atoms with van der Waals surface area (Å²) in [4.78, 5) is 61.5. The Bertz CT molecular complexity index is 661. The van der Waals surface area contributed by atoms with E-state index in [0.717, 1.165) is 0 Å². The molecule has 0 saturated carbocycles. The highest BCUT2D eigenvalue weighted by molar-refractivity contribution is 5.78. The minimum Gasteiger partial charge on any atom is -0.481 e. The Balaban J connectivity index is 4.95. The van der Waals surface area contributed by atoms with E-state index in [4.69, 9.17) is 14.9 Å². The molecule has 11 nitrogen and oxygen atoms in total. The first-order chi connectivity index (χ1) is 15.4. The molecule has 0 aliphatic carbocycles. The number of carboxylic acid groups (broad SMARTS) is 2. The summed E-state index contributed by atoms with van der Waals surface area (Å²) in [6, 6.07) is 0. The molecule has 11 heteroatoms. The Morgan fingerprint density at radius 3 is 1.61 bits per heavy atom. The normalized spacial score (nSPS) is 10.9. The van der Waals surface area contributed by atoms with Crippen LogP contribution in [0.4, 0.5) is 4.79 Å². The standard InChI is InChI=1S/C22H39N3O8/c1-5-13-24(17(26)8-6-10-19(28)29)15-16-25(18(27)9-7-11-20(30)31)14-12-23-21(32)33-22(2,3)4/h5-16H2,1-4H3,(H,23,32)(H,28,29)(H,30,31). The van der Waals surface area contributed by atoms with Crippen molar-refractivity contribution in [2.75, 3.05) is 32.7 Å². The molecule has 3 N–H and O–H groups in total. The molecule has 190 valence electrons. The molecular weight excluding hydrogens is 434 g/mol. The van der Waals surface area contributed by atoms with Gasteiger partial charge < -0.3 is 30.1 Å². The molecule has 0 aromatic rings. The van der Waals surface area contributed by atoms with Crippen molar-refractivity contribution in [3.8, 4) is 0 Å². The molecule has 0 aromatic carbocycles. The van der Waals surface area contributed by atoms with Gasteiger partial charge in [-0.3, -0.25) is 19.2 Å². The molecule has 0 radical (unpaired) electrons. The molecule has 0 aliphatic rings. The summed E-state index contributed by atoms with van der Waals surface area (Å²) >= 11 is 0. The molecule has 3 amide bonds. The zero-order valence-corrected chi connectivity index (χ0v) is 20.2. The van der Waals surface area contributed by atoms with E-state index in [1.165, 1.54) is 4.90 Å². The predicted molar refractivity (Wildman–Crippen MR) is 121 cm³/mol. The van der Waals surface area contributed by atoms with Crippen molar-refractivity contribution < 1.29 is 38.9 Å². The summed E-state index contributed by atoms with van der Waals surface area (Å²) < 4.78 is 5.17. The van der Waals surface area contributed by atoms with E-state index in [1.54, 1.807) is 25.7 Å². The number of amides is 3. The second-order valence-corrected chi connectivity index (χ2v) is 8.68. The maximum Gasteiger partial charge on any atom is 0.407 e. The van der Waals surface area contributed by atoms with Gasteiger partial charge in [0, 0.05) is 58.4 Å². The van der Waals surface area contributed by atoms with E-state index < -0.39 is 23.6 Å². The van der Waals surface area contributed by atoms with Crippen LogP contribution < -0.4 is 5.32 Å². The molecular formula is C22H39N3O8. The number of carbonyl (C=O) groups excluding carboxylic acids is 3. The Morgan fingerprint density at radius 2 is 1.21 bits per heavy atom. The lowest BCUT2D eigenvalue weighted by Gasteiger charge is -2.28. The fraction of sp³-hybridized carbons (Fsp3) is 0.773. The minimum absolute atomic E-state index is 0.0407. The maximum absolute atomic E-state index is 12.6. The first kappa shape index (κ1) is 30.1. The third-order valence-electron chi connectivity index (χ3n) is 4.45. The Morgan fingerprint density at radius 1 is 0.758 bits per heavy atom. The van der Waals surface area contributed by atoms with E-state index in [1.807, 2.05) is 6.92 Å². The van der Waals surface area contributed by atoms with Crippen molar-refractivity contribution in [1.82, 2.24) is 15.1 Å². The molecule has 0 atom stereocenters. The molecule has 0 rings (SSSR count). The summed E-state index contributed by atoms with van der Waals surface area (Å²) in [6.45, 7) is 8.39. The van der Waals surface area contributed by atoms with Crippen molar-refractivity contribution in [3.05, 3.63) is 0 Å². The lowest BCUT2D eigenvalue weighted by Crippen LogP contribution is -2.44. The zero-order chi connectivity index (χ0) is 25.4. The largest absolute Gasteiger partial charge is 0.481 e. The van der Waals surface area contributed by atoms with Crippen molar-refractivity contribution in [1.29, 1.82) is 0 Å². The van der Waals surface area contributed by atoms with Crippen LogP contribution in [0.2, 0.25) is 0 Å². The molecule has 0 unspecified atom stereocenters. The van der Waals surface area contributed by atoms with Gasteiger partial charge in [-0.05, 0) is 40.0 Å². The van der Waals surface area contributed by atoms with Gasteiger partial charge >= 0.3 is 18.0 Å². The van der Waals surface area contributed by atoms with Crippen LogP contribution in [0.15, 0.2) is 0 Å². The van der Waals surface area contributed by atoms with E-state index in [2.05, 4.69) is 5.32 Å². The van der Waals surface area contributed by atoms with Gasteiger partial charge in [-0.25, -0.2) is 4.79 Å². The van der Waals surface area contributed by atoms with E-state index in [9.17, 15) is 24.0 Å². The quantitative estimate of drug-likeness (QED) is 0.308. The van der Waals surface area contributed by atoms with Gasteiger partial charge in [0.15, 0.2) is 0 Å². The topological polar surface area (TPSA) is 154 Å². The summed E-state index contributed by atoms with van der Waals surface area (Å²) in [7, 11) is 0. The summed E-state index contributed by atoms with van der Waals surface area (Å²) in [5, 5.41) is 20.1. The number of aliphatic carboxylic acids is 2. The van der Waals surface area contributed by atoms with Crippen LogP contribution in [0.1, 0.15) is 72.6 Å². The molecule has 0 saturated heterocycles. The predicted octanol–water partition coefficient (Wildman–Crippen LogP) is 2.09. The number of nitrogens with zero attached hydrogens (tertiary/aromatic N) is 2. The lowest BCUT2D eigenvalue weighted by atomic mass is 10.2. The van der Waals surface area contributed by atoms with Gasteiger partial charge in [0.05, 0.1) is 0 Å². The third kappa shape index (κ3) is 16.4. The van der Waals surface area contributed by atoms with Crippen LogP contribution in [-0.4, -0.2) is 88.2 Å². The van der Waals surface area contributed by atoms with Gasteiger partial charge in [-0.15, -0.1) is 0 Å². The Hall–Kier alpha value is -2.85. The van der Waals surface area contributed by atoms with Crippen LogP contribution in [0.25, 0.3) is 0 Å². The number of nitrogens with one attached hydrogen (secondary N) is 1. The summed E-state index contributed by atoms with van der Waals surface area (Å²) in [5.74, 6) is -2.39. The number of hydrogen-bond acceptors (Lipinski definition) is 6. The van der Waals surface area contributed by atoms with Crippen LogP contribution in [-0.2, 0) is 23.9 Å². The molecule has 0 bridgehead atoms. The number of rotatable bonds is 16. The Labute approximate surface area is 195 Å². The van der Waals surface area contributed by atoms with Gasteiger partial charge in [-0.2, -0.15) is 0 Å². The van der Waals surface area contributed by atoms with Crippen molar-refractivity contribution in [2.24, 2.45) is 0 Å². The lowest BCUT2D eigenvalue weighted by molar-refractivity contribution is -0.139. The van der Waals surface area contributed by atoms with Crippen molar-refractivity contribution >= 4 is 29.8 Å².